The summed E-state index contributed by atoms with van der Waals surface area (Å²) >= 11 is 1.86. The number of fused-ring (bicyclic) bond motifs is 1. The van der Waals surface area contributed by atoms with Crippen molar-refractivity contribution in [3.05, 3.63) is 21.9 Å². The van der Waals surface area contributed by atoms with Gasteiger partial charge in [0.2, 0.25) is 5.91 Å². The molecule has 0 aromatic carbocycles. The smallest absolute Gasteiger partial charge is 0.223 e. The van der Waals surface area contributed by atoms with Crippen LogP contribution in [0.2, 0.25) is 0 Å². The van der Waals surface area contributed by atoms with E-state index in [0.29, 0.717) is 36.8 Å². The fourth-order valence-electron chi connectivity index (χ4n) is 3.18. The van der Waals surface area contributed by atoms with Crippen LogP contribution in [0.4, 0.5) is 0 Å². The maximum Gasteiger partial charge on any atom is 0.223 e. The largest absolute Gasteiger partial charge is 0.335 e. The van der Waals surface area contributed by atoms with Gasteiger partial charge in [-0.25, -0.2) is 0 Å². The number of carbonyl (C=O) groups is 1. The monoisotopic (exact) mass is 292 g/mol. The SMILES string of the molecule is CC(CN)CCC(=O)N1CCc2sccc2C1C1CC1. The minimum absolute atomic E-state index is 0.332. The lowest BCUT2D eigenvalue weighted by Gasteiger charge is -2.36. The molecule has 2 atom stereocenters. The van der Waals surface area contributed by atoms with Crippen molar-refractivity contribution in [2.24, 2.45) is 17.6 Å². The van der Waals surface area contributed by atoms with E-state index in [1.54, 1.807) is 0 Å². The molecule has 0 spiro atoms. The van der Waals surface area contributed by atoms with E-state index in [1.165, 1.54) is 23.3 Å². The van der Waals surface area contributed by atoms with Gasteiger partial charge in [-0.15, -0.1) is 11.3 Å². The predicted octanol–water partition coefficient (Wildman–Crippen LogP) is 2.96. The lowest BCUT2D eigenvalue weighted by molar-refractivity contribution is -0.135. The quantitative estimate of drug-likeness (QED) is 0.907. The maximum absolute atomic E-state index is 12.6. The molecule has 1 fully saturated rings. The van der Waals surface area contributed by atoms with Crippen LogP contribution in [0, 0.1) is 11.8 Å². The first-order valence-corrected chi connectivity index (χ1v) is 8.64. The first kappa shape index (κ1) is 14.1. The summed E-state index contributed by atoms with van der Waals surface area (Å²) in [6.45, 7) is 3.71. The molecule has 2 unspecified atom stereocenters. The number of hydrogen-bond donors (Lipinski definition) is 1. The molecule has 1 aliphatic carbocycles. The Morgan fingerprint density at radius 2 is 2.35 bits per heavy atom. The molecule has 1 amide bonds. The zero-order chi connectivity index (χ0) is 14.1. The van der Waals surface area contributed by atoms with Crippen molar-refractivity contribution < 1.29 is 4.79 Å². The van der Waals surface area contributed by atoms with Gasteiger partial charge in [0.1, 0.15) is 0 Å². The molecule has 110 valence electrons. The highest BCUT2D eigenvalue weighted by molar-refractivity contribution is 7.10. The summed E-state index contributed by atoms with van der Waals surface area (Å²) < 4.78 is 0. The second kappa shape index (κ2) is 5.86. The molecule has 2 heterocycles. The molecule has 3 nitrogen and oxygen atoms in total. The Hall–Kier alpha value is -0.870. The van der Waals surface area contributed by atoms with Gasteiger partial charge in [0, 0.05) is 17.8 Å². The summed E-state index contributed by atoms with van der Waals surface area (Å²) in [5.41, 5.74) is 7.08. The number of hydrogen-bond acceptors (Lipinski definition) is 3. The average Bonchev–Trinajstić information content (AvgIpc) is 3.19. The third-order valence-corrected chi connectivity index (χ3v) is 5.65. The second-order valence-corrected chi connectivity index (χ2v) is 7.30. The van der Waals surface area contributed by atoms with Gasteiger partial charge in [-0.1, -0.05) is 6.92 Å². The molecule has 20 heavy (non-hydrogen) atoms. The topological polar surface area (TPSA) is 46.3 Å². The van der Waals surface area contributed by atoms with E-state index < -0.39 is 0 Å². The van der Waals surface area contributed by atoms with Crippen molar-refractivity contribution in [2.45, 2.75) is 45.1 Å². The third kappa shape index (κ3) is 2.77. The minimum Gasteiger partial charge on any atom is -0.335 e. The van der Waals surface area contributed by atoms with E-state index in [-0.39, 0.29) is 0 Å². The van der Waals surface area contributed by atoms with Crippen LogP contribution in [0.25, 0.3) is 0 Å². The van der Waals surface area contributed by atoms with Crippen LogP contribution in [0.5, 0.6) is 0 Å². The first-order valence-electron chi connectivity index (χ1n) is 7.76. The van der Waals surface area contributed by atoms with E-state index in [2.05, 4.69) is 23.3 Å². The van der Waals surface area contributed by atoms with Crippen molar-refractivity contribution in [2.75, 3.05) is 13.1 Å². The molecule has 0 saturated heterocycles. The summed E-state index contributed by atoms with van der Waals surface area (Å²) in [6, 6.07) is 2.61. The molecule has 4 heteroatoms. The van der Waals surface area contributed by atoms with Crippen molar-refractivity contribution in [3.63, 3.8) is 0 Å². The van der Waals surface area contributed by atoms with Gasteiger partial charge in [0.15, 0.2) is 0 Å². The lowest BCUT2D eigenvalue weighted by Crippen LogP contribution is -2.40. The van der Waals surface area contributed by atoms with Crippen LogP contribution < -0.4 is 5.73 Å². The van der Waals surface area contributed by atoms with Crippen molar-refractivity contribution in [1.82, 2.24) is 4.90 Å². The molecular formula is C16H24N2OS. The van der Waals surface area contributed by atoms with E-state index in [0.717, 1.165) is 19.4 Å². The number of rotatable bonds is 5. The molecule has 2 N–H and O–H groups in total. The van der Waals surface area contributed by atoms with Crippen LogP contribution in [-0.4, -0.2) is 23.9 Å². The number of amides is 1. The van der Waals surface area contributed by atoms with Gasteiger partial charge >= 0.3 is 0 Å². The summed E-state index contributed by atoms with van der Waals surface area (Å²) in [5, 5.41) is 2.19. The second-order valence-electron chi connectivity index (χ2n) is 6.30. The normalized spacial score (nSPS) is 23.5. The molecule has 1 aliphatic heterocycles. The van der Waals surface area contributed by atoms with Gasteiger partial charge in [-0.3, -0.25) is 4.79 Å². The van der Waals surface area contributed by atoms with Gasteiger partial charge in [-0.2, -0.15) is 0 Å². The predicted molar refractivity (Wildman–Crippen MR) is 82.7 cm³/mol. The highest BCUT2D eigenvalue weighted by Crippen LogP contribution is 2.48. The molecule has 3 rings (SSSR count). The number of carbonyl (C=O) groups excluding carboxylic acids is 1. The van der Waals surface area contributed by atoms with E-state index in [4.69, 9.17) is 5.73 Å². The molecule has 0 bridgehead atoms. The van der Waals surface area contributed by atoms with Crippen LogP contribution >= 0.6 is 11.3 Å². The summed E-state index contributed by atoms with van der Waals surface area (Å²) in [4.78, 5) is 16.2. The van der Waals surface area contributed by atoms with E-state index in [1.807, 2.05) is 11.3 Å². The van der Waals surface area contributed by atoms with Crippen molar-refractivity contribution in [3.8, 4) is 0 Å². The first-order chi connectivity index (χ1) is 9.70. The zero-order valence-corrected chi connectivity index (χ0v) is 13.0. The fraction of sp³-hybridized carbons (Fsp3) is 0.688. The molecule has 1 aromatic rings. The Morgan fingerprint density at radius 1 is 1.55 bits per heavy atom. The Balaban J connectivity index is 1.71. The zero-order valence-electron chi connectivity index (χ0n) is 12.2. The summed E-state index contributed by atoms with van der Waals surface area (Å²) in [7, 11) is 0. The standard InChI is InChI=1S/C16H24N2OS/c1-11(10-17)2-5-15(19)18-8-6-14-13(7-9-20-14)16(18)12-3-4-12/h7,9,11-12,16H,2-6,8,10,17H2,1H3. The van der Waals surface area contributed by atoms with Gasteiger partial charge < -0.3 is 10.6 Å². The lowest BCUT2D eigenvalue weighted by atomic mass is 9.95. The van der Waals surface area contributed by atoms with Crippen molar-refractivity contribution in [1.29, 1.82) is 0 Å². The Morgan fingerprint density at radius 3 is 3.05 bits per heavy atom. The molecule has 2 aliphatic rings. The molecule has 1 aromatic heterocycles. The van der Waals surface area contributed by atoms with Crippen LogP contribution in [0.15, 0.2) is 11.4 Å². The van der Waals surface area contributed by atoms with Gasteiger partial charge in [0.05, 0.1) is 6.04 Å². The molecular weight excluding hydrogens is 268 g/mol. The Labute approximate surface area is 125 Å². The third-order valence-electron chi connectivity index (χ3n) is 4.66. The molecule has 1 saturated carbocycles. The van der Waals surface area contributed by atoms with Crippen LogP contribution in [-0.2, 0) is 11.2 Å². The highest BCUT2D eigenvalue weighted by atomic mass is 32.1. The average molecular weight is 292 g/mol. The Bertz CT molecular complexity index is 481. The fourth-order valence-corrected chi connectivity index (χ4v) is 4.09. The highest BCUT2D eigenvalue weighted by Gasteiger charge is 2.41. The van der Waals surface area contributed by atoms with Gasteiger partial charge in [-0.05, 0) is 61.1 Å². The number of thiophene rings is 1. The van der Waals surface area contributed by atoms with Crippen LogP contribution in [0.1, 0.15) is 49.1 Å². The Kier molecular flexibility index (Phi) is 4.13. The number of nitrogens with zero attached hydrogens (tertiary/aromatic N) is 1. The molecule has 0 radical (unpaired) electrons. The summed E-state index contributed by atoms with van der Waals surface area (Å²) in [6.07, 6.45) is 5.17. The maximum atomic E-state index is 12.6. The van der Waals surface area contributed by atoms with E-state index in [9.17, 15) is 4.79 Å². The van der Waals surface area contributed by atoms with E-state index >= 15 is 0 Å². The number of nitrogens with two attached hydrogens (primary N) is 1. The summed E-state index contributed by atoms with van der Waals surface area (Å²) in [5.74, 6) is 1.48. The van der Waals surface area contributed by atoms with Crippen LogP contribution in [0.3, 0.4) is 0 Å². The van der Waals surface area contributed by atoms with Crippen molar-refractivity contribution >= 4 is 17.2 Å². The van der Waals surface area contributed by atoms with Gasteiger partial charge in [0.25, 0.3) is 0 Å². The minimum atomic E-state index is 0.332.